The first-order valence-corrected chi connectivity index (χ1v) is 4.77. The SMILES string of the molecule is CC1(C)C(C=O)C1C(=O)OCCCl. The van der Waals surface area contributed by atoms with Crippen molar-refractivity contribution in [2.24, 2.45) is 17.3 Å². The van der Waals surface area contributed by atoms with Gasteiger partial charge in [0.15, 0.2) is 0 Å². The Morgan fingerprint density at radius 3 is 2.62 bits per heavy atom. The molecule has 0 radical (unpaired) electrons. The van der Waals surface area contributed by atoms with Gasteiger partial charge in [0.1, 0.15) is 12.9 Å². The molecule has 13 heavy (non-hydrogen) atoms. The maximum absolute atomic E-state index is 11.3. The molecule has 2 unspecified atom stereocenters. The minimum absolute atomic E-state index is 0.185. The van der Waals surface area contributed by atoms with E-state index in [9.17, 15) is 9.59 Å². The van der Waals surface area contributed by atoms with Crippen LogP contribution in [-0.2, 0) is 14.3 Å². The van der Waals surface area contributed by atoms with Crippen molar-refractivity contribution in [2.75, 3.05) is 12.5 Å². The summed E-state index contributed by atoms with van der Waals surface area (Å²) in [5, 5.41) is 0. The molecular weight excluding hydrogens is 192 g/mol. The summed E-state index contributed by atoms with van der Waals surface area (Å²) in [4.78, 5) is 21.8. The van der Waals surface area contributed by atoms with E-state index in [0.29, 0.717) is 5.88 Å². The maximum Gasteiger partial charge on any atom is 0.310 e. The Kier molecular flexibility index (Phi) is 2.96. The molecule has 1 rings (SSSR count). The second-order valence-electron chi connectivity index (χ2n) is 3.82. The van der Waals surface area contributed by atoms with Gasteiger partial charge in [-0.3, -0.25) is 4.79 Å². The van der Waals surface area contributed by atoms with E-state index in [1.165, 1.54) is 0 Å². The topological polar surface area (TPSA) is 43.4 Å². The zero-order chi connectivity index (χ0) is 10.1. The van der Waals surface area contributed by atoms with Crippen molar-refractivity contribution in [1.82, 2.24) is 0 Å². The van der Waals surface area contributed by atoms with E-state index in [1.54, 1.807) is 0 Å². The molecule has 0 aromatic heterocycles. The van der Waals surface area contributed by atoms with Crippen LogP contribution < -0.4 is 0 Å². The highest BCUT2D eigenvalue weighted by Gasteiger charge is 2.62. The third-order valence-corrected chi connectivity index (χ3v) is 2.79. The Bertz CT molecular complexity index is 225. The molecule has 0 aromatic rings. The highest BCUT2D eigenvalue weighted by molar-refractivity contribution is 6.18. The Balaban J connectivity index is 2.46. The molecule has 4 heteroatoms. The van der Waals surface area contributed by atoms with Crippen LogP contribution in [0, 0.1) is 17.3 Å². The molecule has 0 N–H and O–H groups in total. The summed E-state index contributed by atoms with van der Waals surface area (Å²) in [6.45, 7) is 4.00. The second-order valence-corrected chi connectivity index (χ2v) is 4.20. The number of hydrogen-bond donors (Lipinski definition) is 0. The van der Waals surface area contributed by atoms with Crippen LogP contribution in [0.2, 0.25) is 0 Å². The molecule has 1 fully saturated rings. The van der Waals surface area contributed by atoms with Gasteiger partial charge in [0.2, 0.25) is 0 Å². The minimum atomic E-state index is -0.303. The van der Waals surface area contributed by atoms with Gasteiger partial charge in [0.05, 0.1) is 11.8 Å². The van der Waals surface area contributed by atoms with Gasteiger partial charge in [-0.2, -0.15) is 0 Å². The highest BCUT2D eigenvalue weighted by atomic mass is 35.5. The minimum Gasteiger partial charge on any atom is -0.464 e. The van der Waals surface area contributed by atoms with E-state index in [1.807, 2.05) is 13.8 Å². The van der Waals surface area contributed by atoms with Crippen molar-refractivity contribution in [1.29, 1.82) is 0 Å². The van der Waals surface area contributed by atoms with Gasteiger partial charge in [-0.1, -0.05) is 13.8 Å². The third-order valence-electron chi connectivity index (χ3n) is 2.63. The largest absolute Gasteiger partial charge is 0.464 e. The first-order chi connectivity index (χ1) is 6.05. The molecular formula is C9H13ClO3. The smallest absolute Gasteiger partial charge is 0.310 e. The summed E-state index contributed by atoms with van der Waals surface area (Å²) in [5.74, 6) is -0.462. The lowest BCUT2D eigenvalue weighted by Crippen LogP contribution is -2.12. The van der Waals surface area contributed by atoms with E-state index < -0.39 is 0 Å². The number of carbonyl (C=O) groups excluding carboxylic acids is 2. The van der Waals surface area contributed by atoms with Crippen molar-refractivity contribution in [3.8, 4) is 0 Å². The predicted octanol–water partition coefficient (Wildman–Crippen LogP) is 1.24. The number of carbonyl (C=O) groups is 2. The zero-order valence-corrected chi connectivity index (χ0v) is 8.50. The molecule has 74 valence electrons. The number of ether oxygens (including phenoxy) is 1. The number of esters is 1. The fourth-order valence-electron chi connectivity index (χ4n) is 1.61. The number of hydrogen-bond acceptors (Lipinski definition) is 3. The Hall–Kier alpha value is -0.570. The van der Waals surface area contributed by atoms with Crippen LogP contribution in [0.4, 0.5) is 0 Å². The van der Waals surface area contributed by atoms with Crippen molar-refractivity contribution < 1.29 is 14.3 Å². The van der Waals surface area contributed by atoms with Gasteiger partial charge >= 0.3 is 5.97 Å². The molecule has 0 aromatic carbocycles. The monoisotopic (exact) mass is 204 g/mol. The number of alkyl halides is 1. The summed E-state index contributed by atoms with van der Waals surface area (Å²) in [6, 6.07) is 0. The Morgan fingerprint density at radius 2 is 2.23 bits per heavy atom. The van der Waals surface area contributed by atoms with Gasteiger partial charge in [-0.05, 0) is 5.41 Å². The van der Waals surface area contributed by atoms with E-state index in [0.717, 1.165) is 6.29 Å². The molecule has 1 saturated carbocycles. The molecule has 3 nitrogen and oxygen atoms in total. The highest BCUT2D eigenvalue weighted by Crippen LogP contribution is 2.57. The van der Waals surface area contributed by atoms with E-state index >= 15 is 0 Å². The maximum atomic E-state index is 11.3. The lowest BCUT2D eigenvalue weighted by Gasteiger charge is -2.02. The summed E-state index contributed by atoms with van der Waals surface area (Å²) >= 11 is 5.37. The van der Waals surface area contributed by atoms with Crippen molar-refractivity contribution in [3.63, 3.8) is 0 Å². The van der Waals surface area contributed by atoms with Crippen molar-refractivity contribution in [3.05, 3.63) is 0 Å². The Labute approximate surface area is 82.4 Å². The number of aldehydes is 1. The third kappa shape index (κ3) is 1.85. The van der Waals surface area contributed by atoms with Gasteiger partial charge in [-0.25, -0.2) is 0 Å². The fraction of sp³-hybridized carbons (Fsp3) is 0.778. The van der Waals surface area contributed by atoms with E-state index in [4.69, 9.17) is 16.3 Å². The van der Waals surface area contributed by atoms with Crippen LogP contribution in [0.15, 0.2) is 0 Å². The molecule has 0 spiro atoms. The average molecular weight is 205 g/mol. The Morgan fingerprint density at radius 1 is 1.62 bits per heavy atom. The van der Waals surface area contributed by atoms with Gasteiger partial charge in [0, 0.05) is 5.92 Å². The molecule has 1 aliphatic rings. The predicted molar refractivity (Wildman–Crippen MR) is 48.5 cm³/mol. The molecule has 0 amide bonds. The lowest BCUT2D eigenvalue weighted by molar-refractivity contribution is -0.146. The molecule has 0 bridgehead atoms. The standard InChI is InChI=1S/C9H13ClO3/c1-9(2)6(5-11)7(9)8(12)13-4-3-10/h5-7H,3-4H2,1-2H3. The first kappa shape index (κ1) is 10.5. The van der Waals surface area contributed by atoms with Gasteiger partial charge < -0.3 is 9.53 Å². The summed E-state index contributed by atoms with van der Waals surface area (Å²) < 4.78 is 4.85. The van der Waals surface area contributed by atoms with Gasteiger partial charge in [-0.15, -0.1) is 11.6 Å². The lowest BCUT2D eigenvalue weighted by atomic mass is 10.1. The molecule has 2 atom stereocenters. The summed E-state index contributed by atoms with van der Waals surface area (Å²) in [6.07, 6.45) is 0.826. The van der Waals surface area contributed by atoms with E-state index in [-0.39, 0.29) is 29.8 Å². The van der Waals surface area contributed by atoms with Gasteiger partial charge in [0.25, 0.3) is 0 Å². The molecule has 0 aliphatic heterocycles. The summed E-state index contributed by atoms with van der Waals surface area (Å²) in [5.41, 5.74) is -0.231. The van der Waals surface area contributed by atoms with Crippen molar-refractivity contribution in [2.45, 2.75) is 13.8 Å². The normalized spacial score (nSPS) is 29.5. The quantitative estimate of drug-likeness (QED) is 0.393. The fourth-order valence-corrected chi connectivity index (χ4v) is 1.69. The van der Waals surface area contributed by atoms with Crippen LogP contribution in [0.3, 0.4) is 0 Å². The molecule has 1 aliphatic carbocycles. The van der Waals surface area contributed by atoms with Crippen LogP contribution in [0.25, 0.3) is 0 Å². The zero-order valence-electron chi connectivity index (χ0n) is 7.75. The van der Waals surface area contributed by atoms with Crippen LogP contribution >= 0.6 is 11.6 Å². The van der Waals surface area contributed by atoms with Crippen LogP contribution in [0.5, 0.6) is 0 Å². The summed E-state index contributed by atoms with van der Waals surface area (Å²) in [7, 11) is 0. The van der Waals surface area contributed by atoms with Crippen LogP contribution in [0.1, 0.15) is 13.8 Å². The molecule has 0 heterocycles. The first-order valence-electron chi connectivity index (χ1n) is 4.23. The number of halogens is 1. The average Bonchev–Trinajstić information content (AvgIpc) is 2.63. The van der Waals surface area contributed by atoms with E-state index in [2.05, 4.69) is 0 Å². The molecule has 0 saturated heterocycles. The van der Waals surface area contributed by atoms with Crippen molar-refractivity contribution >= 4 is 23.9 Å². The van der Waals surface area contributed by atoms with Crippen LogP contribution in [-0.4, -0.2) is 24.7 Å². The number of rotatable bonds is 4. The second kappa shape index (κ2) is 3.66.